The first kappa shape index (κ1) is 16.2. The van der Waals surface area contributed by atoms with Crippen LogP contribution in [0.2, 0.25) is 0 Å². The lowest BCUT2D eigenvalue weighted by Crippen LogP contribution is -2.31. The highest BCUT2D eigenvalue weighted by molar-refractivity contribution is 7.89. The van der Waals surface area contributed by atoms with Gasteiger partial charge in [-0.3, -0.25) is 0 Å². The van der Waals surface area contributed by atoms with Gasteiger partial charge in [-0.05, 0) is 24.1 Å². The molecule has 4 nitrogen and oxygen atoms in total. The van der Waals surface area contributed by atoms with Gasteiger partial charge in [-0.2, -0.15) is 4.31 Å². The first-order valence-electron chi connectivity index (χ1n) is 6.84. The molecule has 0 spiro atoms. The van der Waals surface area contributed by atoms with Crippen molar-refractivity contribution < 1.29 is 8.42 Å². The second kappa shape index (κ2) is 7.17. The van der Waals surface area contributed by atoms with Gasteiger partial charge in [0.15, 0.2) is 0 Å². The van der Waals surface area contributed by atoms with E-state index in [4.69, 9.17) is 0 Å². The lowest BCUT2D eigenvalue weighted by Gasteiger charge is -2.21. The number of nitrogens with zero attached hydrogens (tertiary/aromatic N) is 1. The molecule has 0 saturated carbocycles. The Bertz CT molecular complexity index is 666. The van der Waals surface area contributed by atoms with Gasteiger partial charge in [0.1, 0.15) is 0 Å². The van der Waals surface area contributed by atoms with Gasteiger partial charge in [0.2, 0.25) is 10.0 Å². The predicted octanol–water partition coefficient (Wildman–Crippen LogP) is 2.68. The molecule has 114 valence electrons. The minimum Gasteiger partial charge on any atom is -0.315 e. The number of hydrogen-bond acceptors (Lipinski definition) is 4. The monoisotopic (exact) mass is 324 g/mol. The molecule has 0 fully saturated rings. The molecule has 1 heterocycles. The van der Waals surface area contributed by atoms with Crippen molar-refractivity contribution in [3.63, 3.8) is 0 Å². The lowest BCUT2D eigenvalue weighted by molar-refractivity contribution is 0.423. The zero-order chi connectivity index (χ0) is 15.3. The molecule has 0 saturated heterocycles. The summed E-state index contributed by atoms with van der Waals surface area (Å²) in [6.45, 7) is 3.28. The Hall–Kier alpha value is -1.21. The van der Waals surface area contributed by atoms with Crippen molar-refractivity contribution in [3.05, 3.63) is 52.2 Å². The van der Waals surface area contributed by atoms with Crippen molar-refractivity contribution in [1.82, 2.24) is 9.62 Å². The minimum atomic E-state index is -3.46. The van der Waals surface area contributed by atoms with E-state index in [1.807, 2.05) is 49.7 Å². The third-order valence-electron chi connectivity index (χ3n) is 3.21. The van der Waals surface area contributed by atoms with Crippen molar-refractivity contribution in [2.45, 2.75) is 24.9 Å². The first-order chi connectivity index (χ1) is 10.1. The van der Waals surface area contributed by atoms with E-state index >= 15 is 0 Å². The summed E-state index contributed by atoms with van der Waals surface area (Å²) in [4.78, 5) is 1.27. The van der Waals surface area contributed by atoms with Crippen LogP contribution in [0.1, 0.15) is 17.4 Å². The van der Waals surface area contributed by atoms with Crippen molar-refractivity contribution in [1.29, 1.82) is 0 Å². The van der Waals surface area contributed by atoms with Crippen LogP contribution < -0.4 is 5.32 Å². The molecule has 0 aliphatic heterocycles. The topological polar surface area (TPSA) is 49.4 Å². The third-order valence-corrected chi connectivity index (χ3v) is 6.27. The maximum atomic E-state index is 12.8. The quantitative estimate of drug-likeness (QED) is 0.852. The molecule has 0 amide bonds. The number of hydrogen-bond donors (Lipinski definition) is 1. The van der Waals surface area contributed by atoms with Crippen molar-refractivity contribution in [3.8, 4) is 0 Å². The summed E-state index contributed by atoms with van der Waals surface area (Å²) in [5, 5.41) is 4.85. The van der Waals surface area contributed by atoms with Crippen molar-refractivity contribution in [2.24, 2.45) is 0 Å². The third kappa shape index (κ3) is 3.71. The number of thiophene rings is 1. The maximum Gasteiger partial charge on any atom is 0.244 e. The largest absolute Gasteiger partial charge is 0.315 e. The van der Waals surface area contributed by atoms with Crippen LogP contribution in [-0.2, 0) is 23.1 Å². The van der Waals surface area contributed by atoms with Crippen LogP contribution in [0.3, 0.4) is 0 Å². The molecule has 0 bridgehead atoms. The molecule has 1 N–H and O–H groups in total. The highest BCUT2D eigenvalue weighted by Gasteiger charge is 2.26. The normalized spacial score (nSPS) is 12.0. The van der Waals surface area contributed by atoms with E-state index in [2.05, 4.69) is 5.32 Å². The van der Waals surface area contributed by atoms with E-state index < -0.39 is 10.0 Å². The fraction of sp³-hybridized carbons (Fsp3) is 0.333. The molecule has 2 rings (SSSR count). The SMILES string of the molecule is CCN(Cc1ccccc1)S(=O)(=O)c1ccsc1CNC. The van der Waals surface area contributed by atoms with Crippen LogP contribution in [0.25, 0.3) is 0 Å². The number of rotatable bonds is 7. The zero-order valence-corrected chi connectivity index (χ0v) is 13.9. The zero-order valence-electron chi connectivity index (χ0n) is 12.2. The molecule has 0 radical (unpaired) electrons. The maximum absolute atomic E-state index is 12.8. The summed E-state index contributed by atoms with van der Waals surface area (Å²) in [6, 6.07) is 11.4. The van der Waals surface area contributed by atoms with E-state index in [-0.39, 0.29) is 0 Å². The van der Waals surface area contributed by atoms with E-state index in [0.717, 1.165) is 10.4 Å². The summed E-state index contributed by atoms with van der Waals surface area (Å²) >= 11 is 1.47. The van der Waals surface area contributed by atoms with E-state index in [9.17, 15) is 8.42 Å². The molecular weight excluding hydrogens is 304 g/mol. The van der Waals surface area contributed by atoms with Crippen LogP contribution in [0, 0.1) is 0 Å². The van der Waals surface area contributed by atoms with Crippen LogP contribution in [0.15, 0.2) is 46.7 Å². The Balaban J connectivity index is 2.29. The number of benzene rings is 1. The van der Waals surface area contributed by atoms with Gasteiger partial charge in [-0.15, -0.1) is 11.3 Å². The summed E-state index contributed by atoms with van der Waals surface area (Å²) in [5.74, 6) is 0. The molecule has 0 aliphatic rings. The average molecular weight is 324 g/mol. The van der Waals surface area contributed by atoms with Gasteiger partial charge in [0.05, 0.1) is 4.90 Å². The van der Waals surface area contributed by atoms with E-state index in [1.165, 1.54) is 15.6 Å². The molecular formula is C15H20N2O2S2. The minimum absolute atomic E-state index is 0.397. The fourth-order valence-electron chi connectivity index (χ4n) is 2.14. The van der Waals surface area contributed by atoms with Gasteiger partial charge in [0, 0.05) is 24.5 Å². The van der Waals surface area contributed by atoms with E-state index in [1.54, 1.807) is 6.07 Å². The Kier molecular flexibility index (Phi) is 5.52. The van der Waals surface area contributed by atoms with Crippen LogP contribution in [-0.4, -0.2) is 26.3 Å². The van der Waals surface area contributed by atoms with Gasteiger partial charge in [-0.25, -0.2) is 8.42 Å². The summed E-state index contributed by atoms with van der Waals surface area (Å²) in [7, 11) is -1.64. The summed E-state index contributed by atoms with van der Waals surface area (Å²) in [6.07, 6.45) is 0. The van der Waals surface area contributed by atoms with Crippen molar-refractivity contribution in [2.75, 3.05) is 13.6 Å². The van der Waals surface area contributed by atoms with Crippen LogP contribution in [0.4, 0.5) is 0 Å². The second-order valence-electron chi connectivity index (χ2n) is 4.66. The Morgan fingerprint density at radius 2 is 1.90 bits per heavy atom. The van der Waals surface area contributed by atoms with Gasteiger partial charge >= 0.3 is 0 Å². The predicted molar refractivity (Wildman–Crippen MR) is 86.8 cm³/mol. The van der Waals surface area contributed by atoms with Crippen molar-refractivity contribution >= 4 is 21.4 Å². The van der Waals surface area contributed by atoms with Crippen LogP contribution >= 0.6 is 11.3 Å². The molecule has 21 heavy (non-hydrogen) atoms. The summed E-state index contributed by atoms with van der Waals surface area (Å²) < 4.78 is 27.2. The molecule has 1 aromatic carbocycles. The average Bonchev–Trinajstić information content (AvgIpc) is 2.95. The molecule has 2 aromatic rings. The molecule has 6 heteroatoms. The molecule has 0 aliphatic carbocycles. The number of sulfonamides is 1. The lowest BCUT2D eigenvalue weighted by atomic mass is 10.2. The Labute approximate surface area is 130 Å². The smallest absolute Gasteiger partial charge is 0.244 e. The number of nitrogens with one attached hydrogen (secondary N) is 1. The fourth-order valence-corrected chi connectivity index (χ4v) is 5.00. The van der Waals surface area contributed by atoms with Gasteiger partial charge in [0.25, 0.3) is 0 Å². The molecule has 1 aromatic heterocycles. The van der Waals surface area contributed by atoms with Crippen LogP contribution in [0.5, 0.6) is 0 Å². The van der Waals surface area contributed by atoms with Gasteiger partial charge < -0.3 is 5.32 Å². The molecule has 0 unspecified atom stereocenters. The standard InChI is InChI=1S/C15H20N2O2S2/c1-3-17(12-13-7-5-4-6-8-13)21(18,19)15-9-10-20-14(15)11-16-2/h4-10,16H,3,11-12H2,1-2H3. The highest BCUT2D eigenvalue weighted by atomic mass is 32.2. The van der Waals surface area contributed by atoms with E-state index in [0.29, 0.717) is 24.5 Å². The molecule has 0 atom stereocenters. The van der Waals surface area contributed by atoms with Gasteiger partial charge in [-0.1, -0.05) is 37.3 Å². The Morgan fingerprint density at radius 3 is 2.52 bits per heavy atom. The first-order valence-corrected chi connectivity index (χ1v) is 9.16. The summed E-state index contributed by atoms with van der Waals surface area (Å²) in [5.41, 5.74) is 0.994. The Morgan fingerprint density at radius 1 is 1.19 bits per heavy atom. The second-order valence-corrected chi connectivity index (χ2v) is 7.56. The highest BCUT2D eigenvalue weighted by Crippen LogP contribution is 2.26.